The lowest BCUT2D eigenvalue weighted by atomic mass is 10.1. The highest BCUT2D eigenvalue weighted by atomic mass is 19.1. The maximum Gasteiger partial charge on any atom is 0.224 e. The molecule has 3 aromatic rings. The van der Waals surface area contributed by atoms with Crippen LogP contribution in [0.25, 0.3) is 10.9 Å². The van der Waals surface area contributed by atoms with Gasteiger partial charge in [-0.3, -0.25) is 14.5 Å². The van der Waals surface area contributed by atoms with Crippen molar-refractivity contribution in [3.8, 4) is 0 Å². The standard InChI is InChI=1S/C31H39FN6O2/c1-23-21-29(38-14-5-2-6-15-38)35-27-10-9-24(22-25(23)27)34-31(40)12-11-30(39)33-13-16-36-17-19-37(20-18-36)28-8-4-3-7-26(28)32/h3-4,7-10,21-22H,2,5-6,11-20H2,1H3,(H,33,39)(H,34,40). The van der Waals surface area contributed by atoms with Crippen molar-refractivity contribution in [1.82, 2.24) is 15.2 Å². The summed E-state index contributed by atoms with van der Waals surface area (Å²) in [7, 11) is 0. The summed E-state index contributed by atoms with van der Waals surface area (Å²) in [6.45, 7) is 8.55. The molecule has 3 heterocycles. The van der Waals surface area contributed by atoms with Crippen LogP contribution in [0.15, 0.2) is 48.5 Å². The molecule has 212 valence electrons. The number of carbonyl (C=O) groups is 2. The number of piperidine rings is 1. The van der Waals surface area contributed by atoms with Crippen LogP contribution in [-0.4, -0.2) is 74.1 Å². The maximum atomic E-state index is 14.0. The highest BCUT2D eigenvalue weighted by molar-refractivity contribution is 5.96. The van der Waals surface area contributed by atoms with Gasteiger partial charge in [-0.15, -0.1) is 0 Å². The van der Waals surface area contributed by atoms with Crippen LogP contribution < -0.4 is 20.4 Å². The van der Waals surface area contributed by atoms with E-state index >= 15 is 0 Å². The van der Waals surface area contributed by atoms with Crippen LogP contribution in [0.1, 0.15) is 37.7 Å². The fraction of sp³-hybridized carbons (Fsp3) is 0.452. The SMILES string of the molecule is Cc1cc(N2CCCCC2)nc2ccc(NC(=O)CCC(=O)NCCN3CCN(c4ccccc4F)CC3)cc12. The number of fused-ring (bicyclic) bond motifs is 1. The first kappa shape index (κ1) is 27.8. The van der Waals surface area contributed by atoms with Gasteiger partial charge in [0.2, 0.25) is 11.8 Å². The smallest absolute Gasteiger partial charge is 0.224 e. The van der Waals surface area contributed by atoms with Crippen molar-refractivity contribution < 1.29 is 14.0 Å². The Morgan fingerprint density at radius 1 is 0.875 bits per heavy atom. The van der Waals surface area contributed by atoms with Crippen LogP contribution in [0.2, 0.25) is 0 Å². The summed E-state index contributed by atoms with van der Waals surface area (Å²) in [5.74, 6) is 0.511. The van der Waals surface area contributed by atoms with Crippen LogP contribution >= 0.6 is 0 Å². The number of rotatable bonds is 9. The minimum absolute atomic E-state index is 0.121. The lowest BCUT2D eigenvalue weighted by Crippen LogP contribution is -2.48. The predicted octanol–water partition coefficient (Wildman–Crippen LogP) is 4.33. The van der Waals surface area contributed by atoms with Crippen molar-refractivity contribution in [2.45, 2.75) is 39.0 Å². The van der Waals surface area contributed by atoms with Crippen LogP contribution in [0.4, 0.5) is 21.6 Å². The summed E-state index contributed by atoms with van der Waals surface area (Å²) >= 11 is 0. The van der Waals surface area contributed by atoms with Gasteiger partial charge >= 0.3 is 0 Å². The van der Waals surface area contributed by atoms with Crippen LogP contribution in [-0.2, 0) is 9.59 Å². The Hall–Kier alpha value is -3.72. The molecule has 40 heavy (non-hydrogen) atoms. The molecule has 5 rings (SSSR count). The number of anilines is 3. The number of aromatic nitrogens is 1. The van der Waals surface area contributed by atoms with Gasteiger partial charge in [-0.25, -0.2) is 9.37 Å². The molecule has 0 unspecified atom stereocenters. The molecule has 9 heteroatoms. The van der Waals surface area contributed by atoms with Gasteiger partial charge in [-0.2, -0.15) is 0 Å². The summed E-state index contributed by atoms with van der Waals surface area (Å²) in [5.41, 5.74) is 3.41. The van der Waals surface area contributed by atoms with E-state index in [2.05, 4.69) is 38.3 Å². The fourth-order valence-electron chi connectivity index (χ4n) is 5.55. The van der Waals surface area contributed by atoms with Crippen LogP contribution in [0, 0.1) is 12.7 Å². The van der Waals surface area contributed by atoms with Gasteiger partial charge in [0.15, 0.2) is 0 Å². The zero-order chi connectivity index (χ0) is 27.9. The van der Waals surface area contributed by atoms with Crippen LogP contribution in [0.3, 0.4) is 0 Å². The Bertz CT molecular complexity index is 1330. The van der Waals surface area contributed by atoms with E-state index in [-0.39, 0.29) is 30.5 Å². The highest BCUT2D eigenvalue weighted by Crippen LogP contribution is 2.27. The molecule has 1 aromatic heterocycles. The minimum atomic E-state index is -0.193. The quantitative estimate of drug-likeness (QED) is 0.416. The van der Waals surface area contributed by atoms with Gasteiger partial charge in [0.25, 0.3) is 0 Å². The highest BCUT2D eigenvalue weighted by Gasteiger charge is 2.19. The third-order valence-corrected chi connectivity index (χ3v) is 7.86. The van der Waals surface area contributed by atoms with Crippen LogP contribution in [0.5, 0.6) is 0 Å². The van der Waals surface area contributed by atoms with Crippen molar-refractivity contribution in [2.75, 3.05) is 67.5 Å². The molecule has 2 amide bonds. The molecule has 0 saturated carbocycles. The Morgan fingerprint density at radius 3 is 2.40 bits per heavy atom. The monoisotopic (exact) mass is 546 g/mol. The van der Waals surface area contributed by atoms with Gasteiger partial charge in [-0.1, -0.05) is 12.1 Å². The van der Waals surface area contributed by atoms with E-state index in [1.54, 1.807) is 6.07 Å². The van der Waals surface area contributed by atoms with E-state index in [4.69, 9.17) is 4.98 Å². The summed E-state index contributed by atoms with van der Waals surface area (Å²) in [4.78, 5) is 36.4. The van der Waals surface area contributed by atoms with Crippen molar-refractivity contribution in [3.05, 3.63) is 59.9 Å². The second-order valence-electron chi connectivity index (χ2n) is 10.8. The lowest BCUT2D eigenvalue weighted by Gasteiger charge is -2.36. The lowest BCUT2D eigenvalue weighted by molar-refractivity contribution is -0.124. The average molecular weight is 547 g/mol. The molecule has 2 aromatic carbocycles. The number of hydrogen-bond acceptors (Lipinski definition) is 6. The number of pyridine rings is 1. The molecular weight excluding hydrogens is 507 g/mol. The van der Waals surface area contributed by atoms with Crippen molar-refractivity contribution >= 4 is 39.9 Å². The molecule has 0 aliphatic carbocycles. The number of carbonyl (C=O) groups excluding carboxylic acids is 2. The molecule has 2 aliphatic rings. The first-order valence-corrected chi connectivity index (χ1v) is 14.4. The second kappa shape index (κ2) is 13.1. The Labute approximate surface area is 235 Å². The summed E-state index contributed by atoms with van der Waals surface area (Å²) in [5, 5.41) is 6.87. The summed E-state index contributed by atoms with van der Waals surface area (Å²) in [6, 6.07) is 14.8. The van der Waals surface area contributed by atoms with E-state index in [0.29, 0.717) is 17.9 Å². The van der Waals surface area contributed by atoms with Gasteiger partial charge in [0.1, 0.15) is 11.6 Å². The van der Waals surface area contributed by atoms with Gasteiger partial charge in [0.05, 0.1) is 11.2 Å². The van der Waals surface area contributed by atoms with Gasteiger partial charge in [-0.05, 0) is 68.1 Å². The van der Waals surface area contributed by atoms with Gasteiger partial charge < -0.3 is 20.4 Å². The maximum absolute atomic E-state index is 14.0. The third kappa shape index (κ3) is 7.07. The number of piperazine rings is 1. The number of halogens is 1. The number of nitrogens with one attached hydrogen (secondary N) is 2. The van der Waals surface area contributed by atoms with E-state index in [9.17, 15) is 14.0 Å². The third-order valence-electron chi connectivity index (χ3n) is 7.86. The van der Waals surface area contributed by atoms with Crippen molar-refractivity contribution in [3.63, 3.8) is 0 Å². The number of hydrogen-bond donors (Lipinski definition) is 2. The Kier molecular flexibility index (Phi) is 9.11. The van der Waals surface area contributed by atoms with Gasteiger partial charge in [0, 0.05) is 76.3 Å². The minimum Gasteiger partial charge on any atom is -0.367 e. The normalized spacial score (nSPS) is 16.2. The largest absolute Gasteiger partial charge is 0.367 e. The topological polar surface area (TPSA) is 80.8 Å². The Balaban J connectivity index is 1.02. The number of benzene rings is 2. The average Bonchev–Trinajstić information content (AvgIpc) is 2.97. The zero-order valence-electron chi connectivity index (χ0n) is 23.3. The second-order valence-corrected chi connectivity index (χ2v) is 10.8. The molecule has 2 fully saturated rings. The predicted molar refractivity (Wildman–Crippen MR) is 158 cm³/mol. The number of nitrogens with zero attached hydrogens (tertiary/aromatic N) is 4. The molecule has 2 saturated heterocycles. The first-order valence-electron chi connectivity index (χ1n) is 14.4. The number of aryl methyl sites for hydroxylation is 1. The molecule has 0 bridgehead atoms. The number of amides is 2. The van der Waals surface area contributed by atoms with E-state index in [0.717, 1.165) is 68.1 Å². The van der Waals surface area contributed by atoms with Crippen molar-refractivity contribution in [1.29, 1.82) is 0 Å². The first-order chi connectivity index (χ1) is 19.5. The molecule has 8 nitrogen and oxygen atoms in total. The molecule has 2 aliphatic heterocycles. The molecule has 2 N–H and O–H groups in total. The van der Waals surface area contributed by atoms with E-state index in [1.165, 1.54) is 25.3 Å². The van der Waals surface area contributed by atoms with E-state index < -0.39 is 0 Å². The van der Waals surface area contributed by atoms with Crippen molar-refractivity contribution in [2.24, 2.45) is 0 Å². The Morgan fingerprint density at radius 2 is 1.62 bits per heavy atom. The molecule has 0 atom stereocenters. The zero-order valence-corrected chi connectivity index (χ0v) is 23.3. The molecule has 0 spiro atoms. The van der Waals surface area contributed by atoms with E-state index in [1.807, 2.05) is 30.3 Å². The summed E-state index contributed by atoms with van der Waals surface area (Å²) < 4.78 is 14.0. The fourth-order valence-corrected chi connectivity index (χ4v) is 5.55. The molecule has 0 radical (unpaired) electrons. The number of para-hydroxylation sites is 1. The molecular formula is C31H39FN6O2. The summed E-state index contributed by atoms with van der Waals surface area (Å²) in [6.07, 6.45) is 3.95.